The molecule has 16 heavy (non-hydrogen) atoms. The first-order chi connectivity index (χ1) is 7.59. The monoisotopic (exact) mass is 216 g/mol. The van der Waals surface area contributed by atoms with E-state index in [1.54, 1.807) is 23.0 Å². The Morgan fingerprint density at radius 1 is 1.44 bits per heavy atom. The first-order valence-corrected chi connectivity index (χ1v) is 4.91. The van der Waals surface area contributed by atoms with E-state index in [0.717, 1.165) is 16.7 Å². The van der Waals surface area contributed by atoms with Crippen LogP contribution in [-0.4, -0.2) is 20.9 Å². The van der Waals surface area contributed by atoms with E-state index in [1.807, 2.05) is 26.2 Å². The van der Waals surface area contributed by atoms with Crippen LogP contribution < -0.4 is 0 Å². The maximum atomic E-state index is 11.0. The van der Waals surface area contributed by atoms with E-state index in [2.05, 4.69) is 5.10 Å². The van der Waals surface area contributed by atoms with Gasteiger partial charge in [0.15, 0.2) is 0 Å². The average molecular weight is 216 g/mol. The smallest absolute Gasteiger partial charge is 0.335 e. The maximum Gasteiger partial charge on any atom is 0.335 e. The van der Waals surface area contributed by atoms with Crippen molar-refractivity contribution in [2.24, 2.45) is 7.05 Å². The van der Waals surface area contributed by atoms with Gasteiger partial charge in [-0.2, -0.15) is 5.10 Å². The topological polar surface area (TPSA) is 55.1 Å². The predicted molar refractivity (Wildman–Crippen MR) is 60.3 cm³/mol. The summed E-state index contributed by atoms with van der Waals surface area (Å²) in [6.45, 7) is 1.81. The highest BCUT2D eigenvalue weighted by molar-refractivity contribution is 5.91. The molecule has 0 atom stereocenters. The third kappa shape index (κ3) is 1.69. The lowest BCUT2D eigenvalue weighted by Crippen LogP contribution is -2.00. The fourth-order valence-corrected chi connectivity index (χ4v) is 1.74. The van der Waals surface area contributed by atoms with Crippen molar-refractivity contribution < 1.29 is 9.90 Å². The van der Waals surface area contributed by atoms with Crippen molar-refractivity contribution in [2.75, 3.05) is 0 Å². The van der Waals surface area contributed by atoms with Gasteiger partial charge in [-0.1, -0.05) is 12.1 Å². The first kappa shape index (κ1) is 10.4. The number of hydrogen-bond donors (Lipinski definition) is 1. The van der Waals surface area contributed by atoms with Crippen molar-refractivity contribution in [3.05, 3.63) is 41.7 Å². The quantitative estimate of drug-likeness (QED) is 0.836. The van der Waals surface area contributed by atoms with Gasteiger partial charge in [0, 0.05) is 18.8 Å². The van der Waals surface area contributed by atoms with Gasteiger partial charge >= 0.3 is 5.97 Å². The molecule has 82 valence electrons. The lowest BCUT2D eigenvalue weighted by atomic mass is 9.99. The summed E-state index contributed by atoms with van der Waals surface area (Å²) in [4.78, 5) is 11.0. The molecule has 1 aromatic carbocycles. The molecule has 0 amide bonds. The van der Waals surface area contributed by atoms with Gasteiger partial charge in [0.2, 0.25) is 0 Å². The molecular weight excluding hydrogens is 204 g/mol. The summed E-state index contributed by atoms with van der Waals surface area (Å²) in [6, 6.07) is 5.26. The predicted octanol–water partition coefficient (Wildman–Crippen LogP) is 2.09. The molecule has 0 saturated carbocycles. The Morgan fingerprint density at radius 2 is 2.19 bits per heavy atom. The number of aryl methyl sites for hydroxylation is 1. The second-order valence-electron chi connectivity index (χ2n) is 3.69. The molecule has 0 spiro atoms. The largest absolute Gasteiger partial charge is 0.478 e. The highest BCUT2D eigenvalue weighted by Gasteiger charge is 2.11. The third-order valence-electron chi connectivity index (χ3n) is 2.58. The van der Waals surface area contributed by atoms with Crippen LogP contribution in [0.1, 0.15) is 15.9 Å². The molecular formula is C12H12N2O2. The lowest BCUT2D eigenvalue weighted by molar-refractivity contribution is 0.0696. The Bertz CT molecular complexity index is 544. The van der Waals surface area contributed by atoms with E-state index in [1.165, 1.54) is 0 Å². The van der Waals surface area contributed by atoms with Gasteiger partial charge in [-0.3, -0.25) is 4.68 Å². The van der Waals surface area contributed by atoms with Gasteiger partial charge in [-0.05, 0) is 24.1 Å². The van der Waals surface area contributed by atoms with Gasteiger partial charge in [0.25, 0.3) is 0 Å². The van der Waals surface area contributed by atoms with Gasteiger partial charge in [-0.15, -0.1) is 0 Å². The second-order valence-corrected chi connectivity index (χ2v) is 3.69. The molecule has 0 aliphatic carbocycles. The Kier molecular flexibility index (Phi) is 2.48. The number of rotatable bonds is 2. The fraction of sp³-hybridized carbons (Fsp3) is 0.167. The number of nitrogens with zero attached hydrogens (tertiary/aromatic N) is 2. The van der Waals surface area contributed by atoms with Crippen LogP contribution >= 0.6 is 0 Å². The molecule has 0 aliphatic rings. The summed E-state index contributed by atoms with van der Waals surface area (Å²) in [6.07, 6.45) is 3.60. The molecule has 0 aliphatic heterocycles. The number of carboxylic acid groups (broad SMARTS) is 1. The fourth-order valence-electron chi connectivity index (χ4n) is 1.74. The molecule has 2 rings (SSSR count). The zero-order valence-electron chi connectivity index (χ0n) is 9.14. The number of carbonyl (C=O) groups is 1. The standard InChI is InChI=1S/C12H12N2O2/c1-8-10(9-6-13-14(2)7-9)4-3-5-11(8)12(15)16/h3-7H,1-2H3,(H,15,16). The number of benzene rings is 1. The van der Waals surface area contributed by atoms with Crippen LogP contribution in [0.3, 0.4) is 0 Å². The van der Waals surface area contributed by atoms with Crippen molar-refractivity contribution in [1.82, 2.24) is 9.78 Å². The van der Waals surface area contributed by atoms with E-state index < -0.39 is 5.97 Å². The van der Waals surface area contributed by atoms with Gasteiger partial charge < -0.3 is 5.11 Å². The van der Waals surface area contributed by atoms with Crippen molar-refractivity contribution in [3.63, 3.8) is 0 Å². The molecule has 0 bridgehead atoms. The molecule has 4 nitrogen and oxygen atoms in total. The van der Waals surface area contributed by atoms with E-state index >= 15 is 0 Å². The Morgan fingerprint density at radius 3 is 2.75 bits per heavy atom. The number of aromatic carboxylic acids is 1. The number of hydrogen-bond acceptors (Lipinski definition) is 2. The summed E-state index contributed by atoms with van der Waals surface area (Å²) >= 11 is 0. The highest BCUT2D eigenvalue weighted by Crippen LogP contribution is 2.25. The van der Waals surface area contributed by atoms with Gasteiger partial charge in [0.05, 0.1) is 11.8 Å². The molecule has 4 heteroatoms. The van der Waals surface area contributed by atoms with Crippen LogP contribution in [0.25, 0.3) is 11.1 Å². The van der Waals surface area contributed by atoms with Crippen LogP contribution in [0.5, 0.6) is 0 Å². The molecule has 1 aromatic heterocycles. The number of carboxylic acids is 1. The zero-order valence-corrected chi connectivity index (χ0v) is 9.14. The molecule has 2 aromatic rings. The normalized spacial score (nSPS) is 10.4. The molecule has 0 saturated heterocycles. The van der Waals surface area contributed by atoms with E-state index in [-0.39, 0.29) is 0 Å². The molecule has 1 N–H and O–H groups in total. The van der Waals surface area contributed by atoms with Crippen molar-refractivity contribution in [3.8, 4) is 11.1 Å². The van der Waals surface area contributed by atoms with Gasteiger partial charge in [-0.25, -0.2) is 4.79 Å². The summed E-state index contributed by atoms with van der Waals surface area (Å²) in [7, 11) is 1.83. The minimum atomic E-state index is -0.900. The van der Waals surface area contributed by atoms with Crippen LogP contribution in [-0.2, 0) is 7.05 Å². The third-order valence-corrected chi connectivity index (χ3v) is 2.58. The summed E-state index contributed by atoms with van der Waals surface area (Å²) < 4.78 is 1.70. The lowest BCUT2D eigenvalue weighted by Gasteiger charge is -2.06. The first-order valence-electron chi connectivity index (χ1n) is 4.91. The van der Waals surface area contributed by atoms with E-state index in [9.17, 15) is 4.79 Å². The maximum absolute atomic E-state index is 11.0. The Labute approximate surface area is 93.1 Å². The summed E-state index contributed by atoms with van der Waals surface area (Å²) in [5, 5.41) is 13.1. The van der Waals surface area contributed by atoms with Crippen molar-refractivity contribution >= 4 is 5.97 Å². The molecule has 0 radical (unpaired) electrons. The second kappa shape index (κ2) is 3.81. The van der Waals surface area contributed by atoms with Crippen molar-refractivity contribution in [2.45, 2.75) is 6.92 Å². The van der Waals surface area contributed by atoms with Gasteiger partial charge in [0.1, 0.15) is 0 Å². The van der Waals surface area contributed by atoms with Crippen LogP contribution in [0.15, 0.2) is 30.6 Å². The molecule has 0 fully saturated rings. The van der Waals surface area contributed by atoms with Crippen LogP contribution in [0.4, 0.5) is 0 Å². The van der Waals surface area contributed by atoms with Crippen molar-refractivity contribution in [1.29, 1.82) is 0 Å². The SMILES string of the molecule is Cc1c(C(=O)O)cccc1-c1cnn(C)c1. The molecule has 0 unspecified atom stereocenters. The Balaban J connectivity index is 2.58. The highest BCUT2D eigenvalue weighted by atomic mass is 16.4. The van der Waals surface area contributed by atoms with E-state index in [4.69, 9.17) is 5.11 Å². The van der Waals surface area contributed by atoms with Crippen LogP contribution in [0, 0.1) is 6.92 Å². The average Bonchev–Trinajstić information content (AvgIpc) is 2.64. The summed E-state index contributed by atoms with van der Waals surface area (Å²) in [5.41, 5.74) is 2.94. The summed E-state index contributed by atoms with van der Waals surface area (Å²) in [5.74, 6) is -0.900. The minimum Gasteiger partial charge on any atom is -0.478 e. The number of aromatic nitrogens is 2. The Hall–Kier alpha value is -2.10. The molecule has 1 heterocycles. The van der Waals surface area contributed by atoms with Crippen LogP contribution in [0.2, 0.25) is 0 Å². The minimum absolute atomic E-state index is 0.335. The van der Waals surface area contributed by atoms with E-state index in [0.29, 0.717) is 5.56 Å². The zero-order chi connectivity index (χ0) is 11.7.